The molecule has 0 aliphatic heterocycles. The van der Waals surface area contributed by atoms with E-state index in [9.17, 15) is 9.90 Å². The van der Waals surface area contributed by atoms with Gasteiger partial charge in [-0.1, -0.05) is 77.5 Å². The predicted octanol–water partition coefficient (Wildman–Crippen LogP) is 8.34. The molecule has 1 aromatic heterocycles. The van der Waals surface area contributed by atoms with Crippen molar-refractivity contribution in [1.29, 1.82) is 0 Å². The van der Waals surface area contributed by atoms with Crippen molar-refractivity contribution in [2.75, 3.05) is 7.11 Å². The first-order valence-corrected chi connectivity index (χ1v) is 18.3. The van der Waals surface area contributed by atoms with Crippen LogP contribution in [0.5, 0.6) is 5.75 Å². The SMILES string of the molecule is COc1ccccc1-n1cc(COC(=O)[C@]23CC[C@@H](C)[C@H](C)[C@H]2C2=CC[C@@H]4[C@@]5(C)CC[C@H](O)C(C)(C)[C@@H]5CC[C@@]4(C)[C@]2(C)CC3)nn1. The Morgan fingerprint density at radius 3 is 2.51 bits per heavy atom. The molecule has 1 N–H and O–H groups in total. The summed E-state index contributed by atoms with van der Waals surface area (Å²) >= 11 is 0. The van der Waals surface area contributed by atoms with E-state index in [2.05, 4.69) is 64.9 Å². The number of aromatic nitrogens is 3. The van der Waals surface area contributed by atoms with E-state index in [-0.39, 0.29) is 46.3 Å². The fourth-order valence-electron chi connectivity index (χ4n) is 12.4. The van der Waals surface area contributed by atoms with Crippen molar-refractivity contribution in [2.45, 2.75) is 119 Å². The summed E-state index contributed by atoms with van der Waals surface area (Å²) in [7, 11) is 1.64. The Bertz CT molecular complexity index is 1560. The highest BCUT2D eigenvalue weighted by Gasteiger charge is 2.69. The largest absolute Gasteiger partial charge is 0.494 e. The lowest BCUT2D eigenvalue weighted by Gasteiger charge is -2.71. The van der Waals surface area contributed by atoms with Crippen LogP contribution in [0.15, 0.2) is 42.1 Å². The van der Waals surface area contributed by atoms with E-state index in [4.69, 9.17) is 9.47 Å². The van der Waals surface area contributed by atoms with Crippen LogP contribution in [0, 0.1) is 56.7 Å². The van der Waals surface area contributed by atoms with Gasteiger partial charge >= 0.3 is 5.97 Å². The monoisotopic (exact) mass is 643 g/mol. The van der Waals surface area contributed by atoms with Gasteiger partial charge in [0.2, 0.25) is 0 Å². The van der Waals surface area contributed by atoms with Crippen molar-refractivity contribution in [2.24, 2.45) is 56.7 Å². The Kier molecular flexibility index (Phi) is 7.82. The molecule has 47 heavy (non-hydrogen) atoms. The third-order valence-corrected chi connectivity index (χ3v) is 15.6. The molecule has 4 fully saturated rings. The smallest absolute Gasteiger partial charge is 0.313 e. The molecular formula is C40H57N3O4. The molecule has 0 bridgehead atoms. The fraction of sp³-hybridized carbons (Fsp3) is 0.725. The third-order valence-electron chi connectivity index (χ3n) is 15.6. The lowest BCUT2D eigenvalue weighted by Crippen LogP contribution is -2.65. The molecule has 5 aliphatic rings. The zero-order valence-electron chi connectivity index (χ0n) is 30.0. The van der Waals surface area contributed by atoms with Gasteiger partial charge in [0, 0.05) is 0 Å². The summed E-state index contributed by atoms with van der Waals surface area (Å²) in [5.74, 6) is 2.92. The van der Waals surface area contributed by atoms with Crippen LogP contribution in [0.2, 0.25) is 0 Å². The number of nitrogens with zero attached hydrogens (tertiary/aromatic N) is 3. The predicted molar refractivity (Wildman–Crippen MR) is 183 cm³/mol. The van der Waals surface area contributed by atoms with Crippen LogP contribution in [0.25, 0.3) is 5.69 Å². The van der Waals surface area contributed by atoms with Gasteiger partial charge in [-0.25, -0.2) is 4.68 Å². The molecule has 0 radical (unpaired) electrons. The van der Waals surface area contributed by atoms with Crippen molar-refractivity contribution in [3.05, 3.63) is 47.8 Å². The first-order valence-electron chi connectivity index (χ1n) is 18.3. The Morgan fingerprint density at radius 1 is 0.979 bits per heavy atom. The fourth-order valence-corrected chi connectivity index (χ4v) is 12.4. The minimum Gasteiger partial charge on any atom is -0.494 e. The van der Waals surface area contributed by atoms with Gasteiger partial charge in [0.15, 0.2) is 0 Å². The molecular weight excluding hydrogens is 586 g/mol. The highest BCUT2D eigenvalue weighted by Crippen LogP contribution is 2.75. The van der Waals surface area contributed by atoms with Gasteiger partial charge in [-0.15, -0.1) is 5.10 Å². The number of benzene rings is 1. The van der Waals surface area contributed by atoms with Crippen molar-refractivity contribution in [3.63, 3.8) is 0 Å². The van der Waals surface area contributed by atoms with Crippen molar-refractivity contribution in [3.8, 4) is 11.4 Å². The highest BCUT2D eigenvalue weighted by molar-refractivity contribution is 5.79. The van der Waals surface area contributed by atoms with E-state index in [1.807, 2.05) is 30.5 Å². The Morgan fingerprint density at radius 2 is 1.74 bits per heavy atom. The van der Waals surface area contributed by atoms with Gasteiger partial charge in [0.1, 0.15) is 23.7 Å². The molecule has 0 spiro atoms. The second-order valence-electron chi connectivity index (χ2n) is 17.6. The molecule has 7 rings (SSSR count). The van der Waals surface area contributed by atoms with Crippen LogP contribution in [0.3, 0.4) is 0 Å². The molecule has 7 heteroatoms. The standard InChI is InChI=1S/C40H57N3O4/c1-25-15-20-40(35(45)47-24-27-23-43(42-41-27)29-11-9-10-12-30(29)46-8)22-21-38(6)28(34(40)26(25)2)13-14-32-37(5)18-17-33(44)36(3,4)31(37)16-19-39(32,38)7/h9-13,23,25-26,31-34,44H,14-22,24H2,1-8H3/t25-,26+,31+,32-,33+,34+,37+,38-,39-,40+/m1/s1. The molecule has 7 nitrogen and oxygen atoms in total. The lowest BCUT2D eigenvalue weighted by atomic mass is 9.33. The van der Waals surface area contributed by atoms with E-state index in [0.29, 0.717) is 35.1 Å². The number of carbonyl (C=O) groups excluding carboxylic acids is 1. The molecule has 0 amide bonds. The van der Waals surface area contributed by atoms with Gasteiger partial charge in [-0.05, 0) is 121 Å². The van der Waals surface area contributed by atoms with Crippen LogP contribution < -0.4 is 4.74 Å². The van der Waals surface area contributed by atoms with E-state index < -0.39 is 5.41 Å². The molecule has 2 aromatic rings. The summed E-state index contributed by atoms with van der Waals surface area (Å²) in [6.07, 6.45) is 13.5. The molecule has 10 atom stereocenters. The van der Waals surface area contributed by atoms with Crippen LogP contribution in [-0.4, -0.2) is 39.3 Å². The molecule has 256 valence electrons. The molecule has 0 saturated heterocycles. The first-order chi connectivity index (χ1) is 22.2. The second kappa shape index (κ2) is 11.2. The quantitative estimate of drug-likeness (QED) is 0.260. The molecule has 0 unspecified atom stereocenters. The minimum absolute atomic E-state index is 0.0430. The first kappa shape index (κ1) is 32.9. The van der Waals surface area contributed by atoms with Crippen molar-refractivity contribution in [1.82, 2.24) is 15.0 Å². The van der Waals surface area contributed by atoms with Gasteiger partial charge in [-0.2, -0.15) is 0 Å². The number of hydrogen-bond donors (Lipinski definition) is 1. The number of methoxy groups -OCH3 is 1. The van der Waals surface area contributed by atoms with E-state index in [0.717, 1.165) is 50.6 Å². The second-order valence-corrected chi connectivity index (χ2v) is 17.6. The number of allylic oxidation sites excluding steroid dienone is 2. The van der Waals surface area contributed by atoms with Crippen molar-refractivity contribution >= 4 is 5.97 Å². The maximum Gasteiger partial charge on any atom is 0.313 e. The van der Waals surface area contributed by atoms with E-state index in [1.165, 1.54) is 12.8 Å². The number of aliphatic hydroxyl groups excluding tert-OH is 1. The van der Waals surface area contributed by atoms with Crippen LogP contribution in [0.1, 0.15) is 112 Å². The van der Waals surface area contributed by atoms with Crippen LogP contribution in [-0.2, 0) is 16.1 Å². The number of carbonyl (C=O) groups is 1. The zero-order valence-corrected chi connectivity index (χ0v) is 30.0. The molecule has 1 aromatic carbocycles. The maximum absolute atomic E-state index is 14.5. The van der Waals surface area contributed by atoms with Gasteiger partial charge in [0.05, 0.1) is 24.8 Å². The minimum atomic E-state index is -0.503. The summed E-state index contributed by atoms with van der Waals surface area (Å²) in [5.41, 5.74) is 2.84. The van der Waals surface area contributed by atoms with Gasteiger partial charge < -0.3 is 14.6 Å². The lowest BCUT2D eigenvalue weighted by molar-refractivity contribution is -0.207. The summed E-state index contributed by atoms with van der Waals surface area (Å²) in [6, 6.07) is 7.70. The Balaban J connectivity index is 1.18. The van der Waals surface area contributed by atoms with E-state index >= 15 is 0 Å². The Hall–Kier alpha value is -2.67. The number of fused-ring (bicyclic) bond motifs is 7. The topological polar surface area (TPSA) is 86.5 Å². The normalized spacial score (nSPS) is 42.2. The van der Waals surface area contributed by atoms with E-state index in [1.54, 1.807) is 17.4 Å². The summed E-state index contributed by atoms with van der Waals surface area (Å²) < 4.78 is 13.4. The molecule has 4 saturated carbocycles. The average molecular weight is 644 g/mol. The number of rotatable bonds is 5. The van der Waals surface area contributed by atoms with Gasteiger partial charge in [-0.3, -0.25) is 4.79 Å². The van der Waals surface area contributed by atoms with Gasteiger partial charge in [0.25, 0.3) is 0 Å². The number of para-hydroxylation sites is 2. The van der Waals surface area contributed by atoms with Crippen LogP contribution >= 0.6 is 0 Å². The van der Waals surface area contributed by atoms with Crippen molar-refractivity contribution < 1.29 is 19.4 Å². The number of ether oxygens (including phenoxy) is 2. The molecule has 5 aliphatic carbocycles. The zero-order chi connectivity index (χ0) is 33.6. The molecule has 1 heterocycles. The summed E-state index contributed by atoms with van der Waals surface area (Å²) in [6.45, 7) is 17.3. The third kappa shape index (κ3) is 4.57. The summed E-state index contributed by atoms with van der Waals surface area (Å²) in [4.78, 5) is 14.5. The summed E-state index contributed by atoms with van der Waals surface area (Å²) in [5, 5.41) is 19.7. The Labute approximate surface area is 281 Å². The highest BCUT2D eigenvalue weighted by atomic mass is 16.5. The maximum atomic E-state index is 14.5. The average Bonchev–Trinajstić information content (AvgIpc) is 3.53. The number of aliphatic hydroxyl groups is 1. The number of hydrogen-bond acceptors (Lipinski definition) is 6. The van der Waals surface area contributed by atoms with Crippen LogP contribution in [0.4, 0.5) is 0 Å². The number of esters is 1.